The summed E-state index contributed by atoms with van der Waals surface area (Å²) >= 11 is 4.78. The fourth-order valence-corrected chi connectivity index (χ4v) is 3.65. The zero-order chi connectivity index (χ0) is 16.5. The number of halogens is 2. The highest BCUT2D eigenvalue weighted by Gasteiger charge is 2.13. The second-order valence-electron chi connectivity index (χ2n) is 5.05. The van der Waals surface area contributed by atoms with E-state index in [0.29, 0.717) is 10.4 Å². The average Bonchev–Trinajstić information content (AvgIpc) is 3.03. The summed E-state index contributed by atoms with van der Waals surface area (Å²) in [6, 6.07) is 16.6. The predicted octanol–water partition coefficient (Wildman–Crippen LogP) is 6.05. The number of hydrogen-bond donors (Lipinski definition) is 0. The lowest BCUT2D eigenvalue weighted by atomic mass is 10.2. The SMILES string of the molecule is Fc1cc(Br)ccc1Oc1ncnc2sc(-c3ccccc3)cc12. The predicted molar refractivity (Wildman–Crippen MR) is 97.0 cm³/mol. The van der Waals surface area contributed by atoms with Gasteiger partial charge in [0.2, 0.25) is 5.88 Å². The van der Waals surface area contributed by atoms with Gasteiger partial charge in [-0.1, -0.05) is 46.3 Å². The highest BCUT2D eigenvalue weighted by molar-refractivity contribution is 9.10. The molecule has 4 rings (SSSR count). The monoisotopic (exact) mass is 400 g/mol. The van der Waals surface area contributed by atoms with Crippen LogP contribution in [0.2, 0.25) is 0 Å². The van der Waals surface area contributed by atoms with Crippen LogP contribution in [0, 0.1) is 5.82 Å². The molecule has 118 valence electrons. The first kappa shape index (κ1) is 15.2. The van der Waals surface area contributed by atoms with E-state index >= 15 is 0 Å². The van der Waals surface area contributed by atoms with Crippen molar-refractivity contribution < 1.29 is 9.13 Å². The zero-order valence-corrected chi connectivity index (χ0v) is 14.6. The molecule has 0 radical (unpaired) electrons. The molecule has 4 aromatic rings. The molecule has 0 saturated heterocycles. The van der Waals surface area contributed by atoms with Gasteiger partial charge >= 0.3 is 0 Å². The van der Waals surface area contributed by atoms with E-state index in [0.717, 1.165) is 20.7 Å². The van der Waals surface area contributed by atoms with Crippen molar-refractivity contribution in [2.75, 3.05) is 0 Å². The molecule has 2 aromatic heterocycles. The number of rotatable bonds is 3. The zero-order valence-electron chi connectivity index (χ0n) is 12.2. The summed E-state index contributed by atoms with van der Waals surface area (Å²) in [6.07, 6.45) is 1.43. The Morgan fingerprint density at radius 2 is 1.83 bits per heavy atom. The van der Waals surface area contributed by atoms with Gasteiger partial charge in [-0.05, 0) is 29.8 Å². The van der Waals surface area contributed by atoms with E-state index in [1.807, 2.05) is 36.4 Å². The van der Waals surface area contributed by atoms with Crippen LogP contribution < -0.4 is 4.74 Å². The number of nitrogens with zero attached hydrogens (tertiary/aromatic N) is 2. The molecule has 24 heavy (non-hydrogen) atoms. The van der Waals surface area contributed by atoms with Crippen LogP contribution >= 0.6 is 27.3 Å². The highest BCUT2D eigenvalue weighted by Crippen LogP contribution is 2.37. The molecule has 0 amide bonds. The fraction of sp³-hybridized carbons (Fsp3) is 0. The van der Waals surface area contributed by atoms with Gasteiger partial charge in [0.05, 0.1) is 5.39 Å². The molecule has 2 heterocycles. The molecule has 0 N–H and O–H groups in total. The van der Waals surface area contributed by atoms with E-state index in [9.17, 15) is 4.39 Å². The number of ether oxygens (including phenoxy) is 1. The van der Waals surface area contributed by atoms with Crippen LogP contribution in [-0.4, -0.2) is 9.97 Å². The van der Waals surface area contributed by atoms with Crippen molar-refractivity contribution in [3.05, 3.63) is 71.2 Å². The topological polar surface area (TPSA) is 35.0 Å². The second kappa shape index (κ2) is 6.30. The summed E-state index contributed by atoms with van der Waals surface area (Å²) in [5.41, 5.74) is 1.10. The van der Waals surface area contributed by atoms with Crippen molar-refractivity contribution in [3.8, 4) is 22.1 Å². The standard InChI is InChI=1S/C18H10BrFN2OS/c19-12-6-7-15(14(20)8-12)23-17-13-9-16(11-4-2-1-3-5-11)24-18(13)22-10-21-17/h1-10H. The number of aromatic nitrogens is 2. The third-order valence-corrected chi connectivity index (χ3v) is 5.04. The Bertz CT molecular complexity index is 1020. The minimum absolute atomic E-state index is 0.130. The molecule has 0 aliphatic rings. The van der Waals surface area contributed by atoms with Crippen molar-refractivity contribution in [1.29, 1.82) is 0 Å². The average molecular weight is 401 g/mol. The number of thiophene rings is 1. The van der Waals surface area contributed by atoms with E-state index in [2.05, 4.69) is 25.9 Å². The summed E-state index contributed by atoms with van der Waals surface area (Å²) in [4.78, 5) is 10.3. The van der Waals surface area contributed by atoms with Crippen LogP contribution in [0.5, 0.6) is 11.6 Å². The Labute approximate surface area is 149 Å². The quantitative estimate of drug-likeness (QED) is 0.419. The number of fused-ring (bicyclic) bond motifs is 1. The van der Waals surface area contributed by atoms with E-state index in [1.54, 1.807) is 23.5 Å². The van der Waals surface area contributed by atoms with Gasteiger partial charge in [-0.15, -0.1) is 11.3 Å². The van der Waals surface area contributed by atoms with E-state index in [1.165, 1.54) is 12.4 Å². The van der Waals surface area contributed by atoms with Crippen molar-refractivity contribution in [2.45, 2.75) is 0 Å². The molecule has 0 bridgehead atoms. The van der Waals surface area contributed by atoms with Crippen LogP contribution in [-0.2, 0) is 0 Å². The minimum atomic E-state index is -0.449. The van der Waals surface area contributed by atoms with Crippen molar-refractivity contribution in [3.63, 3.8) is 0 Å². The van der Waals surface area contributed by atoms with Crippen LogP contribution in [0.3, 0.4) is 0 Å². The van der Waals surface area contributed by atoms with Gasteiger partial charge in [0.1, 0.15) is 11.2 Å². The lowest BCUT2D eigenvalue weighted by Crippen LogP contribution is -1.92. The van der Waals surface area contributed by atoms with Crippen LogP contribution in [0.4, 0.5) is 4.39 Å². The van der Waals surface area contributed by atoms with Gasteiger partial charge < -0.3 is 4.74 Å². The van der Waals surface area contributed by atoms with E-state index < -0.39 is 5.82 Å². The van der Waals surface area contributed by atoms with Crippen LogP contribution in [0.1, 0.15) is 0 Å². The van der Waals surface area contributed by atoms with Gasteiger partial charge in [0.15, 0.2) is 11.6 Å². The molecule has 3 nitrogen and oxygen atoms in total. The Morgan fingerprint density at radius 1 is 1.00 bits per heavy atom. The molecule has 0 fully saturated rings. The molecule has 2 aromatic carbocycles. The van der Waals surface area contributed by atoms with E-state index in [4.69, 9.17) is 4.74 Å². The summed E-state index contributed by atoms with van der Waals surface area (Å²) in [5, 5.41) is 0.767. The largest absolute Gasteiger partial charge is 0.435 e. The van der Waals surface area contributed by atoms with Crippen molar-refractivity contribution in [2.24, 2.45) is 0 Å². The minimum Gasteiger partial charge on any atom is -0.435 e. The Morgan fingerprint density at radius 3 is 2.62 bits per heavy atom. The highest BCUT2D eigenvalue weighted by atomic mass is 79.9. The Kier molecular flexibility index (Phi) is 4.00. The number of hydrogen-bond acceptors (Lipinski definition) is 4. The maximum absolute atomic E-state index is 14.0. The molecule has 0 saturated carbocycles. The summed E-state index contributed by atoms with van der Waals surface area (Å²) in [7, 11) is 0. The van der Waals surface area contributed by atoms with Crippen molar-refractivity contribution >= 4 is 37.5 Å². The van der Waals surface area contributed by atoms with Gasteiger partial charge in [0, 0.05) is 9.35 Å². The summed E-state index contributed by atoms with van der Waals surface area (Å²) in [6.45, 7) is 0. The van der Waals surface area contributed by atoms with E-state index in [-0.39, 0.29) is 5.75 Å². The third-order valence-electron chi connectivity index (χ3n) is 3.45. The molecule has 0 atom stereocenters. The summed E-state index contributed by atoms with van der Waals surface area (Å²) in [5.74, 6) is 0.0277. The normalized spacial score (nSPS) is 10.9. The molecular weight excluding hydrogens is 391 g/mol. The van der Waals surface area contributed by atoms with Gasteiger partial charge in [-0.3, -0.25) is 0 Å². The lowest BCUT2D eigenvalue weighted by molar-refractivity contribution is 0.431. The first-order chi connectivity index (χ1) is 11.7. The Hall–Kier alpha value is -2.31. The molecule has 0 spiro atoms. The third kappa shape index (κ3) is 2.90. The van der Waals surface area contributed by atoms with Gasteiger partial charge in [-0.2, -0.15) is 0 Å². The lowest BCUT2D eigenvalue weighted by Gasteiger charge is -2.06. The van der Waals surface area contributed by atoms with Crippen molar-refractivity contribution in [1.82, 2.24) is 9.97 Å². The summed E-state index contributed by atoms with van der Waals surface area (Å²) < 4.78 is 20.4. The van der Waals surface area contributed by atoms with Crippen LogP contribution in [0.15, 0.2) is 65.4 Å². The number of benzene rings is 2. The Balaban J connectivity index is 1.77. The van der Waals surface area contributed by atoms with Gasteiger partial charge in [-0.25, -0.2) is 14.4 Å². The van der Waals surface area contributed by atoms with Crippen LogP contribution in [0.25, 0.3) is 20.7 Å². The maximum Gasteiger partial charge on any atom is 0.231 e. The molecule has 0 aliphatic carbocycles. The molecule has 0 aliphatic heterocycles. The smallest absolute Gasteiger partial charge is 0.231 e. The first-order valence-corrected chi connectivity index (χ1v) is 8.74. The second-order valence-corrected chi connectivity index (χ2v) is 7.00. The fourth-order valence-electron chi connectivity index (χ4n) is 2.32. The molecule has 0 unspecified atom stereocenters. The molecular formula is C18H10BrFN2OS. The first-order valence-electron chi connectivity index (χ1n) is 7.13. The molecule has 6 heteroatoms. The maximum atomic E-state index is 14.0. The van der Waals surface area contributed by atoms with Gasteiger partial charge in [0.25, 0.3) is 0 Å².